The fourth-order valence-corrected chi connectivity index (χ4v) is 2.28. The van der Waals surface area contributed by atoms with Gasteiger partial charge in [-0.2, -0.15) is 0 Å². The summed E-state index contributed by atoms with van der Waals surface area (Å²) in [5.74, 6) is 1.63. The molecule has 62 valence electrons. The Labute approximate surface area is 68.1 Å². The first kappa shape index (κ1) is 7.32. The van der Waals surface area contributed by atoms with Crippen LogP contribution in [-0.2, 0) is 0 Å². The topological polar surface area (TPSA) is 24.1 Å². The smallest absolute Gasteiger partial charge is 0.0145 e. The summed E-state index contributed by atoms with van der Waals surface area (Å²) in [6.45, 7) is 2.37. The molecule has 0 unspecified atom stereocenters. The molecule has 0 aromatic heterocycles. The highest BCUT2D eigenvalue weighted by molar-refractivity contribution is 5.06. The van der Waals surface area contributed by atoms with Crippen molar-refractivity contribution in [3.63, 3.8) is 0 Å². The van der Waals surface area contributed by atoms with E-state index in [0.717, 1.165) is 11.8 Å². The summed E-state index contributed by atoms with van der Waals surface area (Å²) < 4.78 is 0. The average Bonchev–Trinajstić information content (AvgIpc) is 2.50. The minimum atomic E-state index is 0.708. The van der Waals surface area contributed by atoms with Gasteiger partial charge in [-0.25, -0.2) is 0 Å². The lowest BCUT2D eigenvalue weighted by molar-refractivity contribution is 0.339. The predicted octanol–water partition coefficient (Wildman–Crippen LogP) is 0.370. The molecule has 0 radical (unpaired) electrons. The van der Waals surface area contributed by atoms with Crippen molar-refractivity contribution in [2.24, 2.45) is 11.8 Å². The maximum atomic E-state index is 3.44. The lowest BCUT2D eigenvalue weighted by atomic mass is 9.83. The van der Waals surface area contributed by atoms with Gasteiger partial charge in [0.2, 0.25) is 0 Å². The van der Waals surface area contributed by atoms with Crippen molar-refractivity contribution in [1.29, 1.82) is 0 Å². The Balaban J connectivity index is 2.09. The van der Waals surface area contributed by atoms with Crippen LogP contribution in [0.15, 0.2) is 12.2 Å². The van der Waals surface area contributed by atoms with Crippen molar-refractivity contribution < 1.29 is 0 Å². The molecule has 2 rings (SSSR count). The molecule has 0 amide bonds. The molecule has 2 nitrogen and oxygen atoms in total. The third-order valence-corrected chi connectivity index (χ3v) is 2.97. The highest BCUT2D eigenvalue weighted by Crippen LogP contribution is 2.27. The quantitative estimate of drug-likeness (QED) is 0.530. The maximum Gasteiger partial charge on any atom is 0.0145 e. The molecule has 0 saturated carbocycles. The van der Waals surface area contributed by atoms with Crippen LogP contribution in [0.4, 0.5) is 0 Å². The second kappa shape index (κ2) is 2.95. The number of rotatable bonds is 1. The first-order valence-corrected chi connectivity index (χ1v) is 4.46. The summed E-state index contributed by atoms with van der Waals surface area (Å²) in [5.41, 5.74) is 0. The molecular weight excluding hydrogens is 136 g/mol. The van der Waals surface area contributed by atoms with Crippen LogP contribution < -0.4 is 10.6 Å². The van der Waals surface area contributed by atoms with E-state index in [-0.39, 0.29) is 0 Å². The van der Waals surface area contributed by atoms with Crippen LogP contribution in [0.1, 0.15) is 6.42 Å². The summed E-state index contributed by atoms with van der Waals surface area (Å²) >= 11 is 0. The van der Waals surface area contributed by atoms with E-state index in [1.54, 1.807) is 0 Å². The van der Waals surface area contributed by atoms with E-state index < -0.39 is 0 Å². The van der Waals surface area contributed by atoms with Crippen molar-refractivity contribution in [1.82, 2.24) is 10.6 Å². The molecule has 2 heteroatoms. The van der Waals surface area contributed by atoms with E-state index in [9.17, 15) is 0 Å². The molecule has 0 aromatic carbocycles. The molecule has 0 bridgehead atoms. The lowest BCUT2D eigenvalue weighted by Crippen LogP contribution is -2.38. The molecule has 0 spiro atoms. The number of hydrogen-bond donors (Lipinski definition) is 2. The van der Waals surface area contributed by atoms with Crippen molar-refractivity contribution in [3.05, 3.63) is 12.2 Å². The molecule has 11 heavy (non-hydrogen) atoms. The molecular formula is C9H16N2. The summed E-state index contributed by atoms with van der Waals surface area (Å²) in [5, 5.41) is 6.82. The number of nitrogens with one attached hydrogen (secondary N) is 2. The minimum Gasteiger partial charge on any atom is -0.316 e. The van der Waals surface area contributed by atoms with Crippen molar-refractivity contribution >= 4 is 0 Å². The highest BCUT2D eigenvalue weighted by atomic mass is 15.0. The predicted molar refractivity (Wildman–Crippen MR) is 46.5 cm³/mol. The van der Waals surface area contributed by atoms with Gasteiger partial charge < -0.3 is 10.6 Å². The minimum absolute atomic E-state index is 0.708. The van der Waals surface area contributed by atoms with Gasteiger partial charge in [-0.3, -0.25) is 0 Å². The second-order valence-corrected chi connectivity index (χ2v) is 3.54. The molecule has 0 aromatic rings. The summed E-state index contributed by atoms with van der Waals surface area (Å²) in [6, 6.07) is 0.708. The van der Waals surface area contributed by atoms with Gasteiger partial charge in [0.05, 0.1) is 0 Å². The van der Waals surface area contributed by atoms with E-state index in [4.69, 9.17) is 0 Å². The summed E-state index contributed by atoms with van der Waals surface area (Å²) in [4.78, 5) is 0. The Kier molecular flexibility index (Phi) is 1.96. The van der Waals surface area contributed by atoms with Crippen LogP contribution in [-0.4, -0.2) is 26.2 Å². The monoisotopic (exact) mass is 152 g/mol. The SMILES string of the molecule is CN[C@@H]1CC=C[C@@H]2CNC[C@H]21. The Morgan fingerprint density at radius 2 is 2.36 bits per heavy atom. The third-order valence-electron chi connectivity index (χ3n) is 2.97. The van der Waals surface area contributed by atoms with Gasteiger partial charge in [-0.15, -0.1) is 0 Å². The fraction of sp³-hybridized carbons (Fsp3) is 0.778. The van der Waals surface area contributed by atoms with Crippen molar-refractivity contribution in [2.45, 2.75) is 12.5 Å². The Morgan fingerprint density at radius 3 is 3.18 bits per heavy atom. The van der Waals surface area contributed by atoms with E-state index in [0.29, 0.717) is 6.04 Å². The first-order chi connectivity index (χ1) is 5.42. The molecule has 1 heterocycles. The molecule has 1 aliphatic heterocycles. The van der Waals surface area contributed by atoms with Crippen molar-refractivity contribution in [2.75, 3.05) is 20.1 Å². The van der Waals surface area contributed by atoms with Crippen LogP contribution >= 0.6 is 0 Å². The Bertz CT molecular complexity index is 165. The summed E-state index contributed by atoms with van der Waals surface area (Å²) in [7, 11) is 2.07. The molecule has 1 fully saturated rings. The van der Waals surface area contributed by atoms with Crippen LogP contribution in [0.5, 0.6) is 0 Å². The van der Waals surface area contributed by atoms with Crippen LogP contribution in [0, 0.1) is 11.8 Å². The van der Waals surface area contributed by atoms with Gasteiger partial charge in [-0.05, 0) is 25.3 Å². The number of hydrogen-bond acceptors (Lipinski definition) is 2. The standard InChI is InChI=1S/C9H16N2/c1-10-9-4-2-3-7-5-11-6-8(7)9/h2-3,7-11H,4-6H2,1H3/t7-,8-,9-/m1/s1. The lowest BCUT2D eigenvalue weighted by Gasteiger charge is -2.28. The second-order valence-electron chi connectivity index (χ2n) is 3.54. The normalized spacial score (nSPS) is 42.5. The first-order valence-electron chi connectivity index (χ1n) is 4.46. The van der Waals surface area contributed by atoms with Gasteiger partial charge in [0.15, 0.2) is 0 Å². The average molecular weight is 152 g/mol. The fourth-order valence-electron chi connectivity index (χ4n) is 2.28. The zero-order chi connectivity index (χ0) is 7.68. The van der Waals surface area contributed by atoms with Crippen LogP contribution in [0.2, 0.25) is 0 Å². The van der Waals surface area contributed by atoms with Gasteiger partial charge in [0.1, 0.15) is 0 Å². The molecule has 2 aliphatic rings. The molecule has 1 saturated heterocycles. The van der Waals surface area contributed by atoms with Crippen molar-refractivity contribution in [3.8, 4) is 0 Å². The van der Waals surface area contributed by atoms with E-state index in [2.05, 4.69) is 29.8 Å². The zero-order valence-electron chi connectivity index (χ0n) is 7.01. The largest absolute Gasteiger partial charge is 0.316 e. The van der Waals surface area contributed by atoms with Gasteiger partial charge in [-0.1, -0.05) is 12.2 Å². The van der Waals surface area contributed by atoms with Gasteiger partial charge in [0.25, 0.3) is 0 Å². The Morgan fingerprint density at radius 1 is 1.45 bits per heavy atom. The van der Waals surface area contributed by atoms with Crippen LogP contribution in [0.3, 0.4) is 0 Å². The molecule has 3 atom stereocenters. The molecule has 2 N–H and O–H groups in total. The molecule has 1 aliphatic carbocycles. The zero-order valence-corrected chi connectivity index (χ0v) is 7.01. The van der Waals surface area contributed by atoms with E-state index in [1.165, 1.54) is 19.5 Å². The third kappa shape index (κ3) is 1.21. The van der Waals surface area contributed by atoms with E-state index >= 15 is 0 Å². The van der Waals surface area contributed by atoms with Gasteiger partial charge >= 0.3 is 0 Å². The highest BCUT2D eigenvalue weighted by Gasteiger charge is 2.32. The Hall–Kier alpha value is -0.340. The van der Waals surface area contributed by atoms with E-state index in [1.807, 2.05) is 0 Å². The maximum absolute atomic E-state index is 3.44. The van der Waals surface area contributed by atoms with Crippen LogP contribution in [0.25, 0.3) is 0 Å². The van der Waals surface area contributed by atoms with Gasteiger partial charge in [0, 0.05) is 19.1 Å². The summed E-state index contributed by atoms with van der Waals surface area (Å²) in [6.07, 6.45) is 5.90. The number of fused-ring (bicyclic) bond motifs is 1.